The molecule has 0 aromatic heterocycles. The van der Waals surface area contributed by atoms with Gasteiger partial charge in [0.05, 0.1) is 0 Å². The minimum absolute atomic E-state index is 0.0654. The number of ketones is 1. The smallest absolute Gasteiger partial charge is 0.139 e. The summed E-state index contributed by atoms with van der Waals surface area (Å²) in [6.07, 6.45) is 10.5. The first kappa shape index (κ1) is 13.5. The summed E-state index contributed by atoms with van der Waals surface area (Å²) in [7, 11) is 0. The second kappa shape index (κ2) is 4.10. The molecule has 8 atom stereocenters. The molecule has 4 aliphatic carbocycles. The van der Waals surface area contributed by atoms with Gasteiger partial charge in [-0.2, -0.15) is 11.8 Å². The molecule has 1 nitrogen and oxygen atoms in total. The van der Waals surface area contributed by atoms with E-state index in [1.807, 2.05) is 0 Å². The van der Waals surface area contributed by atoms with Gasteiger partial charge in [-0.25, -0.2) is 0 Å². The quantitative estimate of drug-likeness (QED) is 0.604. The fourth-order valence-electron chi connectivity index (χ4n) is 7.29. The van der Waals surface area contributed by atoms with Crippen LogP contribution in [-0.4, -0.2) is 16.3 Å². The molecule has 2 unspecified atom stereocenters. The average molecular weight is 304 g/mol. The maximum Gasteiger partial charge on any atom is 0.139 e. The lowest BCUT2D eigenvalue weighted by molar-refractivity contribution is -0.137. The zero-order chi connectivity index (χ0) is 14.4. The summed E-state index contributed by atoms with van der Waals surface area (Å²) in [6, 6.07) is 0. The van der Waals surface area contributed by atoms with E-state index in [4.69, 9.17) is 0 Å². The van der Waals surface area contributed by atoms with Crippen molar-refractivity contribution in [2.75, 3.05) is 0 Å². The number of carbonyl (C=O) groups excluding carboxylic acids is 1. The van der Waals surface area contributed by atoms with Gasteiger partial charge in [0.15, 0.2) is 0 Å². The standard InChI is InChI=1S/C19H28OS/c1-18-8-7-14-12(13(18)5-6-17(18)20)4-3-11-9-15-16(21-15)10-19(11,14)2/h11-16H,3-10H2,1-2H3/t11-,12-,13-,14-,15?,16?,18-,19-/m0/s1. The van der Waals surface area contributed by atoms with Gasteiger partial charge in [-0.3, -0.25) is 4.79 Å². The third kappa shape index (κ3) is 1.64. The topological polar surface area (TPSA) is 17.1 Å². The van der Waals surface area contributed by atoms with E-state index in [-0.39, 0.29) is 5.41 Å². The summed E-state index contributed by atoms with van der Waals surface area (Å²) in [5.74, 6) is 4.13. The first-order valence-electron chi connectivity index (χ1n) is 9.21. The van der Waals surface area contributed by atoms with Crippen LogP contribution in [0.3, 0.4) is 0 Å². The Morgan fingerprint density at radius 3 is 2.76 bits per heavy atom. The lowest BCUT2D eigenvalue weighted by Crippen LogP contribution is -2.53. The molecular formula is C19H28OS. The van der Waals surface area contributed by atoms with Crippen LogP contribution in [0.1, 0.15) is 65.2 Å². The van der Waals surface area contributed by atoms with Crippen LogP contribution in [0.15, 0.2) is 0 Å². The lowest BCUT2D eigenvalue weighted by atomic mass is 9.45. The zero-order valence-electron chi connectivity index (χ0n) is 13.4. The van der Waals surface area contributed by atoms with Crippen LogP contribution < -0.4 is 0 Å². The fraction of sp³-hybridized carbons (Fsp3) is 0.947. The van der Waals surface area contributed by atoms with Gasteiger partial charge in [-0.05, 0) is 74.0 Å². The maximum absolute atomic E-state index is 12.4. The van der Waals surface area contributed by atoms with E-state index in [1.165, 1.54) is 44.9 Å². The second-order valence-corrected chi connectivity index (χ2v) is 10.7. The molecule has 5 rings (SSSR count). The Hall–Kier alpha value is 0.0200. The summed E-state index contributed by atoms with van der Waals surface area (Å²) in [5.41, 5.74) is 0.677. The Morgan fingerprint density at radius 2 is 1.90 bits per heavy atom. The van der Waals surface area contributed by atoms with Gasteiger partial charge in [0.25, 0.3) is 0 Å². The summed E-state index contributed by atoms with van der Waals surface area (Å²) in [4.78, 5) is 12.4. The van der Waals surface area contributed by atoms with Crippen molar-refractivity contribution in [2.45, 2.75) is 75.7 Å². The third-order valence-electron chi connectivity index (χ3n) is 8.62. The molecule has 0 amide bonds. The monoisotopic (exact) mass is 304 g/mol. The van der Waals surface area contributed by atoms with E-state index in [0.717, 1.165) is 40.6 Å². The molecule has 0 bridgehead atoms. The van der Waals surface area contributed by atoms with E-state index in [0.29, 0.717) is 11.2 Å². The van der Waals surface area contributed by atoms with E-state index in [2.05, 4.69) is 25.6 Å². The number of Topliss-reactive ketones (excluding diaryl/α,β-unsaturated/α-hetero) is 1. The van der Waals surface area contributed by atoms with E-state index in [1.54, 1.807) is 0 Å². The minimum Gasteiger partial charge on any atom is -0.299 e. The Kier molecular flexibility index (Phi) is 2.63. The first-order valence-corrected chi connectivity index (χ1v) is 10.2. The Labute approximate surface area is 133 Å². The van der Waals surface area contributed by atoms with E-state index >= 15 is 0 Å². The summed E-state index contributed by atoms with van der Waals surface area (Å²) in [6.45, 7) is 4.95. The highest BCUT2D eigenvalue weighted by Gasteiger charge is 2.63. The number of thioether (sulfide) groups is 1. The van der Waals surface area contributed by atoms with Crippen molar-refractivity contribution in [3.8, 4) is 0 Å². The molecule has 1 heterocycles. The molecule has 1 aliphatic heterocycles. The van der Waals surface area contributed by atoms with Crippen molar-refractivity contribution in [1.82, 2.24) is 0 Å². The molecule has 0 N–H and O–H groups in total. The molecule has 5 aliphatic rings. The van der Waals surface area contributed by atoms with Gasteiger partial charge in [0.2, 0.25) is 0 Å². The predicted octanol–water partition coefficient (Wildman–Crippen LogP) is 4.69. The maximum atomic E-state index is 12.4. The number of fused-ring (bicyclic) bond motifs is 6. The molecule has 0 aromatic carbocycles. The van der Waals surface area contributed by atoms with Crippen molar-refractivity contribution in [3.05, 3.63) is 0 Å². The molecule has 116 valence electrons. The second-order valence-electron chi connectivity index (χ2n) is 9.23. The Morgan fingerprint density at radius 1 is 1.05 bits per heavy atom. The molecule has 5 fully saturated rings. The predicted molar refractivity (Wildman–Crippen MR) is 87.3 cm³/mol. The average Bonchev–Trinajstić information content (AvgIpc) is 3.12. The van der Waals surface area contributed by atoms with Crippen LogP contribution in [0.25, 0.3) is 0 Å². The number of hydrogen-bond donors (Lipinski definition) is 0. The number of hydrogen-bond acceptors (Lipinski definition) is 2. The number of carbonyl (C=O) groups is 1. The number of rotatable bonds is 0. The van der Waals surface area contributed by atoms with Crippen molar-refractivity contribution >= 4 is 17.5 Å². The highest BCUT2D eigenvalue weighted by molar-refractivity contribution is 8.07. The molecule has 4 saturated carbocycles. The lowest BCUT2D eigenvalue weighted by Gasteiger charge is -2.59. The van der Waals surface area contributed by atoms with Crippen LogP contribution in [0.2, 0.25) is 0 Å². The minimum atomic E-state index is 0.0654. The van der Waals surface area contributed by atoms with Crippen molar-refractivity contribution in [1.29, 1.82) is 0 Å². The van der Waals surface area contributed by atoms with Gasteiger partial charge in [-0.1, -0.05) is 13.8 Å². The molecule has 2 heteroatoms. The molecule has 0 spiro atoms. The first-order chi connectivity index (χ1) is 10.0. The summed E-state index contributed by atoms with van der Waals surface area (Å²) < 4.78 is 0. The van der Waals surface area contributed by atoms with Gasteiger partial charge in [-0.15, -0.1) is 0 Å². The van der Waals surface area contributed by atoms with Crippen LogP contribution in [0.5, 0.6) is 0 Å². The van der Waals surface area contributed by atoms with E-state index in [9.17, 15) is 4.79 Å². The SMILES string of the molecule is C[C@]12CC3SC3C[C@@H]1CC[C@@H]1[C@@H]2CC[C@]2(C)C(=O)CC[C@@H]12. The van der Waals surface area contributed by atoms with Crippen LogP contribution in [0.4, 0.5) is 0 Å². The van der Waals surface area contributed by atoms with Crippen LogP contribution >= 0.6 is 11.8 Å². The van der Waals surface area contributed by atoms with Crippen molar-refractivity contribution in [3.63, 3.8) is 0 Å². The van der Waals surface area contributed by atoms with Gasteiger partial charge in [0, 0.05) is 22.3 Å². The van der Waals surface area contributed by atoms with Crippen LogP contribution in [0, 0.1) is 34.5 Å². The summed E-state index contributed by atoms with van der Waals surface area (Å²) in [5, 5.41) is 2.03. The van der Waals surface area contributed by atoms with Crippen LogP contribution in [-0.2, 0) is 4.79 Å². The molecule has 21 heavy (non-hydrogen) atoms. The van der Waals surface area contributed by atoms with Gasteiger partial charge in [0.1, 0.15) is 5.78 Å². The zero-order valence-corrected chi connectivity index (χ0v) is 14.3. The fourth-order valence-corrected chi connectivity index (χ4v) is 8.66. The normalized spacial score (nSPS) is 61.5. The molecule has 1 saturated heterocycles. The third-order valence-corrected chi connectivity index (χ3v) is 10.0. The molecule has 0 radical (unpaired) electrons. The highest BCUT2D eigenvalue weighted by Crippen LogP contribution is 2.69. The summed E-state index contributed by atoms with van der Waals surface area (Å²) >= 11 is 2.27. The Bertz CT molecular complexity index is 502. The highest BCUT2D eigenvalue weighted by atomic mass is 32.2. The van der Waals surface area contributed by atoms with Crippen molar-refractivity contribution < 1.29 is 4.79 Å². The molecular weight excluding hydrogens is 276 g/mol. The van der Waals surface area contributed by atoms with Gasteiger partial charge >= 0.3 is 0 Å². The van der Waals surface area contributed by atoms with E-state index < -0.39 is 0 Å². The Balaban J connectivity index is 1.49. The van der Waals surface area contributed by atoms with Gasteiger partial charge < -0.3 is 0 Å². The largest absolute Gasteiger partial charge is 0.299 e. The molecule has 0 aromatic rings. The van der Waals surface area contributed by atoms with Crippen molar-refractivity contribution in [2.24, 2.45) is 34.5 Å².